The first-order valence-corrected chi connectivity index (χ1v) is 5.35. The molecule has 0 aliphatic rings. The van der Waals surface area contributed by atoms with Crippen molar-refractivity contribution in [1.29, 1.82) is 0 Å². The lowest BCUT2D eigenvalue weighted by atomic mass is 10.1. The number of methoxy groups -OCH3 is 1. The normalized spacial score (nSPS) is 10.1. The number of halogens is 1. The molecule has 0 aliphatic carbocycles. The van der Waals surface area contributed by atoms with Crippen LogP contribution in [0.15, 0.2) is 29.1 Å². The molecule has 0 atom stereocenters. The van der Waals surface area contributed by atoms with E-state index < -0.39 is 0 Å². The maximum Gasteiger partial charge on any atom is 0.128 e. The number of hydrogen-bond donors (Lipinski definition) is 0. The van der Waals surface area contributed by atoms with Crippen molar-refractivity contribution in [2.24, 2.45) is 0 Å². The smallest absolute Gasteiger partial charge is 0.128 e. The standard InChI is InChI=1S/C10H8ClNOS/c1-13-10-3-2-7(11)4-8(10)9-5-14-6-12-9/h2-6H,1H3. The van der Waals surface area contributed by atoms with E-state index in [9.17, 15) is 0 Å². The highest BCUT2D eigenvalue weighted by Crippen LogP contribution is 2.31. The van der Waals surface area contributed by atoms with Crippen LogP contribution in [0.5, 0.6) is 5.75 Å². The van der Waals surface area contributed by atoms with Gasteiger partial charge < -0.3 is 4.74 Å². The van der Waals surface area contributed by atoms with Crippen LogP contribution in [0, 0.1) is 0 Å². The average Bonchev–Trinajstić information content (AvgIpc) is 2.70. The van der Waals surface area contributed by atoms with Crippen LogP contribution in [-0.2, 0) is 0 Å². The van der Waals surface area contributed by atoms with Gasteiger partial charge in [0.2, 0.25) is 0 Å². The second-order valence-electron chi connectivity index (χ2n) is 2.72. The molecule has 0 unspecified atom stereocenters. The van der Waals surface area contributed by atoms with Gasteiger partial charge in [-0.2, -0.15) is 0 Å². The first-order chi connectivity index (χ1) is 6.81. The molecule has 2 nitrogen and oxygen atoms in total. The Balaban J connectivity index is 2.55. The van der Waals surface area contributed by atoms with Crippen molar-refractivity contribution in [3.8, 4) is 17.0 Å². The van der Waals surface area contributed by atoms with Crippen molar-refractivity contribution in [3.63, 3.8) is 0 Å². The summed E-state index contributed by atoms with van der Waals surface area (Å²) in [5, 5.41) is 2.66. The van der Waals surface area contributed by atoms with Gasteiger partial charge in [0, 0.05) is 16.0 Å². The van der Waals surface area contributed by atoms with Gasteiger partial charge in [0.1, 0.15) is 5.75 Å². The van der Waals surface area contributed by atoms with Gasteiger partial charge >= 0.3 is 0 Å². The maximum atomic E-state index is 5.91. The van der Waals surface area contributed by atoms with Gasteiger partial charge in [0.25, 0.3) is 0 Å². The summed E-state index contributed by atoms with van der Waals surface area (Å²) in [7, 11) is 1.64. The molecular formula is C10H8ClNOS. The monoisotopic (exact) mass is 225 g/mol. The zero-order chi connectivity index (χ0) is 9.97. The molecule has 1 heterocycles. The number of aromatic nitrogens is 1. The molecule has 0 amide bonds. The zero-order valence-electron chi connectivity index (χ0n) is 7.53. The molecule has 72 valence electrons. The van der Waals surface area contributed by atoms with E-state index in [-0.39, 0.29) is 0 Å². The minimum atomic E-state index is 0.689. The average molecular weight is 226 g/mol. The number of nitrogens with zero attached hydrogens (tertiary/aromatic N) is 1. The van der Waals surface area contributed by atoms with Crippen LogP contribution in [0.1, 0.15) is 0 Å². The summed E-state index contributed by atoms with van der Waals surface area (Å²) in [4.78, 5) is 4.22. The third-order valence-corrected chi connectivity index (χ3v) is 2.69. The van der Waals surface area contributed by atoms with Crippen LogP contribution in [-0.4, -0.2) is 12.1 Å². The van der Waals surface area contributed by atoms with Gasteiger partial charge in [-0.25, -0.2) is 4.98 Å². The summed E-state index contributed by atoms with van der Waals surface area (Å²) in [5.74, 6) is 0.792. The topological polar surface area (TPSA) is 22.1 Å². The van der Waals surface area contributed by atoms with E-state index in [0.29, 0.717) is 5.02 Å². The predicted octanol–water partition coefficient (Wildman–Crippen LogP) is 3.47. The quantitative estimate of drug-likeness (QED) is 0.781. The van der Waals surface area contributed by atoms with Crippen LogP contribution in [0.4, 0.5) is 0 Å². The Hall–Kier alpha value is -1.06. The summed E-state index contributed by atoms with van der Waals surface area (Å²) < 4.78 is 5.23. The number of hydrogen-bond acceptors (Lipinski definition) is 3. The fourth-order valence-corrected chi connectivity index (χ4v) is 1.95. The number of benzene rings is 1. The van der Waals surface area contributed by atoms with E-state index >= 15 is 0 Å². The SMILES string of the molecule is COc1ccc(Cl)cc1-c1cscn1. The van der Waals surface area contributed by atoms with Crippen molar-refractivity contribution >= 4 is 22.9 Å². The first-order valence-electron chi connectivity index (χ1n) is 4.03. The van der Waals surface area contributed by atoms with Crippen LogP contribution in [0.2, 0.25) is 5.02 Å². The summed E-state index contributed by atoms with van der Waals surface area (Å²) in [6, 6.07) is 5.50. The van der Waals surface area contributed by atoms with E-state index in [2.05, 4.69) is 4.98 Å². The van der Waals surface area contributed by atoms with E-state index in [4.69, 9.17) is 16.3 Å². The predicted molar refractivity (Wildman–Crippen MR) is 59.1 cm³/mol. The molecule has 2 aromatic rings. The summed E-state index contributed by atoms with van der Waals surface area (Å²) in [5.41, 5.74) is 3.62. The highest BCUT2D eigenvalue weighted by Gasteiger charge is 2.07. The molecule has 0 radical (unpaired) electrons. The van der Waals surface area contributed by atoms with E-state index in [1.807, 2.05) is 17.5 Å². The molecule has 0 aliphatic heterocycles. The molecule has 0 spiro atoms. The molecule has 14 heavy (non-hydrogen) atoms. The third-order valence-electron chi connectivity index (χ3n) is 1.87. The van der Waals surface area contributed by atoms with Gasteiger partial charge in [0.15, 0.2) is 0 Å². The molecule has 0 saturated carbocycles. The Morgan fingerprint density at radius 3 is 2.93 bits per heavy atom. The number of ether oxygens (including phenoxy) is 1. The highest BCUT2D eigenvalue weighted by atomic mass is 35.5. The Morgan fingerprint density at radius 2 is 2.29 bits per heavy atom. The van der Waals surface area contributed by atoms with E-state index in [1.165, 1.54) is 0 Å². The van der Waals surface area contributed by atoms with E-state index in [0.717, 1.165) is 17.0 Å². The summed E-state index contributed by atoms with van der Waals surface area (Å²) >= 11 is 7.46. The summed E-state index contributed by atoms with van der Waals surface area (Å²) in [6.45, 7) is 0. The van der Waals surface area contributed by atoms with Crippen molar-refractivity contribution in [2.75, 3.05) is 7.11 Å². The lowest BCUT2D eigenvalue weighted by Gasteiger charge is -2.05. The molecule has 2 rings (SSSR count). The summed E-state index contributed by atoms with van der Waals surface area (Å²) in [6.07, 6.45) is 0. The molecule has 1 aromatic heterocycles. The van der Waals surface area contributed by atoms with Crippen molar-refractivity contribution in [2.45, 2.75) is 0 Å². The molecule has 1 aromatic carbocycles. The van der Waals surface area contributed by atoms with Gasteiger partial charge in [0.05, 0.1) is 18.3 Å². The minimum Gasteiger partial charge on any atom is -0.496 e. The zero-order valence-corrected chi connectivity index (χ0v) is 9.10. The van der Waals surface area contributed by atoms with E-state index in [1.54, 1.807) is 30.0 Å². The maximum absolute atomic E-state index is 5.91. The fraction of sp³-hybridized carbons (Fsp3) is 0.100. The van der Waals surface area contributed by atoms with Crippen molar-refractivity contribution in [3.05, 3.63) is 34.1 Å². The molecule has 0 bridgehead atoms. The van der Waals surface area contributed by atoms with Gasteiger partial charge in [-0.15, -0.1) is 11.3 Å². The molecular weight excluding hydrogens is 218 g/mol. The Morgan fingerprint density at radius 1 is 1.43 bits per heavy atom. The number of thiazole rings is 1. The Bertz CT molecular complexity index is 428. The second kappa shape index (κ2) is 3.98. The van der Waals surface area contributed by atoms with Gasteiger partial charge in [-0.1, -0.05) is 11.6 Å². The third kappa shape index (κ3) is 1.74. The van der Waals surface area contributed by atoms with Crippen LogP contribution in [0.3, 0.4) is 0 Å². The fourth-order valence-electron chi connectivity index (χ4n) is 1.23. The minimum absolute atomic E-state index is 0.689. The Labute approximate surface area is 91.1 Å². The second-order valence-corrected chi connectivity index (χ2v) is 3.87. The van der Waals surface area contributed by atoms with Gasteiger partial charge in [-0.05, 0) is 18.2 Å². The Kier molecular flexibility index (Phi) is 2.70. The molecule has 4 heteroatoms. The largest absolute Gasteiger partial charge is 0.496 e. The van der Waals surface area contributed by atoms with Crippen LogP contribution in [0.25, 0.3) is 11.3 Å². The van der Waals surface area contributed by atoms with Crippen LogP contribution < -0.4 is 4.74 Å². The van der Waals surface area contributed by atoms with Crippen molar-refractivity contribution in [1.82, 2.24) is 4.98 Å². The molecule has 0 fully saturated rings. The highest BCUT2D eigenvalue weighted by molar-refractivity contribution is 7.07. The molecule has 0 N–H and O–H groups in total. The van der Waals surface area contributed by atoms with Gasteiger partial charge in [-0.3, -0.25) is 0 Å². The first kappa shape index (κ1) is 9.49. The molecule has 0 saturated heterocycles. The number of rotatable bonds is 2. The lowest BCUT2D eigenvalue weighted by molar-refractivity contribution is 0.416. The van der Waals surface area contributed by atoms with Crippen LogP contribution >= 0.6 is 22.9 Å². The van der Waals surface area contributed by atoms with Crippen molar-refractivity contribution < 1.29 is 4.74 Å². The lowest BCUT2D eigenvalue weighted by Crippen LogP contribution is -1.87.